The third-order valence-electron chi connectivity index (χ3n) is 4.11. The van der Waals surface area contributed by atoms with E-state index >= 15 is 0 Å². The number of aromatic nitrogens is 4. The maximum absolute atomic E-state index is 13.7. The van der Waals surface area contributed by atoms with Gasteiger partial charge < -0.3 is 9.15 Å². The van der Waals surface area contributed by atoms with Crippen molar-refractivity contribution in [3.05, 3.63) is 82.0 Å². The zero-order valence-electron chi connectivity index (χ0n) is 15.7. The zero-order chi connectivity index (χ0) is 20.4. The molecule has 0 aliphatic rings. The van der Waals surface area contributed by atoms with E-state index in [-0.39, 0.29) is 17.2 Å². The molecule has 0 amide bonds. The molecular weight excluding hydrogens is 395 g/mol. The molecule has 0 spiro atoms. The molecule has 3 aromatic heterocycles. The number of thioether (sulfide) groups is 1. The Morgan fingerprint density at radius 3 is 2.90 bits per heavy atom. The Kier molecular flexibility index (Phi) is 5.30. The minimum absolute atomic E-state index is 0.114. The van der Waals surface area contributed by atoms with Gasteiger partial charge in [0, 0.05) is 18.0 Å². The largest absolute Gasteiger partial charge is 0.478 e. The smallest absolute Gasteiger partial charge is 0.277 e. The van der Waals surface area contributed by atoms with Gasteiger partial charge in [-0.3, -0.25) is 9.20 Å². The van der Waals surface area contributed by atoms with Crippen LogP contribution in [0.1, 0.15) is 30.2 Å². The average molecular weight is 412 g/mol. The van der Waals surface area contributed by atoms with Gasteiger partial charge in [-0.05, 0) is 37.6 Å². The summed E-state index contributed by atoms with van der Waals surface area (Å²) in [7, 11) is 0. The number of hydrogen-bond donors (Lipinski definition) is 0. The molecule has 1 aromatic carbocycles. The number of ether oxygens (including phenoxy) is 1. The molecule has 0 unspecified atom stereocenters. The fourth-order valence-corrected chi connectivity index (χ4v) is 3.35. The van der Waals surface area contributed by atoms with Crippen LogP contribution in [-0.4, -0.2) is 19.6 Å². The second kappa shape index (κ2) is 8.04. The van der Waals surface area contributed by atoms with Gasteiger partial charge in [0.25, 0.3) is 16.7 Å². The van der Waals surface area contributed by atoms with Crippen LogP contribution in [0.3, 0.4) is 0 Å². The van der Waals surface area contributed by atoms with E-state index in [1.54, 1.807) is 31.3 Å². The van der Waals surface area contributed by atoms with Gasteiger partial charge in [0.1, 0.15) is 5.65 Å². The topological polar surface area (TPSA) is 82.5 Å². The number of fused-ring (bicyclic) bond motifs is 1. The van der Waals surface area contributed by atoms with Crippen LogP contribution < -0.4 is 10.3 Å². The van der Waals surface area contributed by atoms with Crippen LogP contribution in [0, 0.1) is 12.7 Å². The summed E-state index contributed by atoms with van der Waals surface area (Å²) >= 11 is 1.26. The molecule has 0 aliphatic heterocycles. The minimum Gasteiger partial charge on any atom is -0.478 e. The highest BCUT2D eigenvalue weighted by Crippen LogP contribution is 2.26. The highest BCUT2D eigenvalue weighted by atomic mass is 32.2. The van der Waals surface area contributed by atoms with Crippen molar-refractivity contribution in [1.82, 2.24) is 19.6 Å². The van der Waals surface area contributed by atoms with Gasteiger partial charge in [0.2, 0.25) is 0 Å². The van der Waals surface area contributed by atoms with Crippen LogP contribution in [-0.2, 0) is 5.75 Å². The predicted octanol–water partition coefficient (Wildman–Crippen LogP) is 3.96. The Hall–Kier alpha value is -3.20. The van der Waals surface area contributed by atoms with Crippen LogP contribution in [0.25, 0.3) is 5.65 Å². The van der Waals surface area contributed by atoms with E-state index in [4.69, 9.17) is 9.15 Å². The highest BCUT2D eigenvalue weighted by molar-refractivity contribution is 7.98. The lowest BCUT2D eigenvalue weighted by Crippen LogP contribution is -2.15. The second-order valence-corrected chi connectivity index (χ2v) is 7.33. The van der Waals surface area contributed by atoms with Crippen molar-refractivity contribution in [2.75, 3.05) is 0 Å². The Labute approximate surface area is 169 Å². The van der Waals surface area contributed by atoms with Gasteiger partial charge in [-0.1, -0.05) is 30.0 Å². The van der Waals surface area contributed by atoms with Gasteiger partial charge in [0.15, 0.2) is 17.7 Å². The molecule has 0 radical (unpaired) electrons. The number of hydrogen-bond acceptors (Lipinski definition) is 7. The van der Waals surface area contributed by atoms with E-state index in [0.717, 1.165) is 5.56 Å². The maximum Gasteiger partial charge on any atom is 0.277 e. The summed E-state index contributed by atoms with van der Waals surface area (Å²) in [5, 5.41) is 8.25. The van der Waals surface area contributed by atoms with Crippen molar-refractivity contribution in [2.45, 2.75) is 30.9 Å². The molecule has 0 saturated carbocycles. The predicted molar refractivity (Wildman–Crippen MR) is 106 cm³/mol. The van der Waals surface area contributed by atoms with Crippen LogP contribution in [0.4, 0.5) is 4.39 Å². The molecule has 0 N–H and O–H groups in total. The molecule has 1 atom stereocenters. The number of rotatable bonds is 6. The van der Waals surface area contributed by atoms with E-state index in [9.17, 15) is 9.18 Å². The lowest BCUT2D eigenvalue weighted by Gasteiger charge is -2.11. The lowest BCUT2D eigenvalue weighted by molar-refractivity contribution is 0.174. The third kappa shape index (κ3) is 4.29. The molecule has 29 heavy (non-hydrogen) atoms. The Bertz CT molecular complexity index is 1220. The number of benzene rings is 1. The highest BCUT2D eigenvalue weighted by Gasteiger charge is 2.18. The number of halogens is 1. The minimum atomic E-state index is -0.611. The summed E-state index contributed by atoms with van der Waals surface area (Å²) in [5.41, 5.74) is 2.03. The summed E-state index contributed by atoms with van der Waals surface area (Å²) in [6, 6.07) is 11.3. The van der Waals surface area contributed by atoms with Gasteiger partial charge >= 0.3 is 0 Å². The normalized spacial score (nSPS) is 12.2. The molecule has 0 saturated heterocycles. The van der Waals surface area contributed by atoms with Crippen molar-refractivity contribution in [3.63, 3.8) is 0 Å². The Balaban J connectivity index is 1.44. The zero-order valence-corrected chi connectivity index (χ0v) is 16.5. The number of para-hydroxylation sites is 1. The molecule has 3 heterocycles. The van der Waals surface area contributed by atoms with Crippen molar-refractivity contribution in [3.8, 4) is 5.75 Å². The second-order valence-electron chi connectivity index (χ2n) is 6.41. The standard InChI is InChI=1S/C20H17FN4O3S/c1-12-7-8-17-22-14(9-18(26)25(17)10-12)11-29-20-24-23-19(28-20)13(2)27-16-6-4-3-5-15(16)21/h3-10,13H,11H2,1-2H3/t13-/m0/s1. The van der Waals surface area contributed by atoms with E-state index in [2.05, 4.69) is 15.2 Å². The van der Waals surface area contributed by atoms with Gasteiger partial charge in [-0.15, -0.1) is 10.2 Å². The molecule has 0 aliphatic carbocycles. The van der Waals surface area contributed by atoms with Gasteiger partial charge in [0.05, 0.1) is 5.69 Å². The molecule has 7 nitrogen and oxygen atoms in total. The van der Waals surface area contributed by atoms with Crippen LogP contribution in [0.5, 0.6) is 5.75 Å². The van der Waals surface area contributed by atoms with E-state index in [1.807, 2.05) is 13.0 Å². The van der Waals surface area contributed by atoms with Gasteiger partial charge in [-0.2, -0.15) is 0 Å². The summed E-state index contributed by atoms with van der Waals surface area (Å²) in [4.78, 5) is 16.8. The van der Waals surface area contributed by atoms with Crippen molar-refractivity contribution < 1.29 is 13.5 Å². The van der Waals surface area contributed by atoms with E-state index in [0.29, 0.717) is 22.3 Å². The van der Waals surface area contributed by atoms with Crippen molar-refractivity contribution >= 4 is 17.4 Å². The molecular formula is C20H17FN4O3S. The maximum atomic E-state index is 13.7. The summed E-state index contributed by atoms with van der Waals surface area (Å²) in [5.74, 6) is 0.280. The number of aryl methyl sites for hydroxylation is 1. The fraction of sp³-hybridized carbons (Fsp3) is 0.200. The summed E-state index contributed by atoms with van der Waals surface area (Å²) in [6.45, 7) is 3.61. The van der Waals surface area contributed by atoms with E-state index in [1.165, 1.54) is 34.4 Å². The molecule has 4 aromatic rings. The number of nitrogens with zero attached hydrogens (tertiary/aromatic N) is 4. The van der Waals surface area contributed by atoms with Crippen molar-refractivity contribution in [1.29, 1.82) is 0 Å². The molecule has 0 bridgehead atoms. The first-order valence-corrected chi connectivity index (χ1v) is 9.84. The molecule has 9 heteroatoms. The van der Waals surface area contributed by atoms with Crippen LogP contribution >= 0.6 is 11.8 Å². The molecule has 148 valence electrons. The van der Waals surface area contributed by atoms with Crippen LogP contribution in [0.15, 0.2) is 63.1 Å². The first kappa shape index (κ1) is 19.1. The summed E-state index contributed by atoms with van der Waals surface area (Å²) in [6.07, 6.45) is 1.14. The number of pyridine rings is 1. The quantitative estimate of drug-likeness (QED) is 0.443. The molecule has 4 rings (SSSR count). The van der Waals surface area contributed by atoms with Crippen molar-refractivity contribution in [2.24, 2.45) is 0 Å². The van der Waals surface area contributed by atoms with Crippen LogP contribution in [0.2, 0.25) is 0 Å². The first-order chi connectivity index (χ1) is 14.0. The summed E-state index contributed by atoms with van der Waals surface area (Å²) < 4.78 is 26.4. The third-order valence-corrected chi connectivity index (χ3v) is 4.97. The lowest BCUT2D eigenvalue weighted by atomic mass is 10.3. The Morgan fingerprint density at radius 1 is 1.24 bits per heavy atom. The van der Waals surface area contributed by atoms with Gasteiger partial charge in [-0.25, -0.2) is 9.37 Å². The molecule has 0 fully saturated rings. The van der Waals surface area contributed by atoms with E-state index < -0.39 is 11.9 Å². The SMILES string of the molecule is Cc1ccc2nc(CSc3nnc([C@H](C)Oc4ccccc4F)o3)cc(=O)n2c1. The monoisotopic (exact) mass is 412 g/mol. The average Bonchev–Trinajstić information content (AvgIpc) is 3.18. The first-order valence-electron chi connectivity index (χ1n) is 8.86. The fourth-order valence-electron chi connectivity index (χ4n) is 2.69. The Morgan fingerprint density at radius 2 is 2.07 bits per heavy atom.